The fraction of sp³-hybridized carbons (Fsp3) is 0.429. The summed E-state index contributed by atoms with van der Waals surface area (Å²) in [6, 6.07) is 5.27. The van der Waals surface area contributed by atoms with Crippen molar-refractivity contribution in [2.75, 3.05) is 26.4 Å². The van der Waals surface area contributed by atoms with Gasteiger partial charge in [-0.25, -0.2) is 4.39 Å². The monoisotopic (exact) mass is 297 g/mol. The van der Waals surface area contributed by atoms with Crippen molar-refractivity contribution in [3.63, 3.8) is 0 Å². The molecule has 1 aliphatic heterocycles. The number of halogens is 1. The van der Waals surface area contributed by atoms with Crippen LogP contribution in [0.5, 0.6) is 5.75 Å². The van der Waals surface area contributed by atoms with Crippen molar-refractivity contribution in [2.24, 2.45) is 0 Å². The van der Waals surface area contributed by atoms with E-state index in [0.717, 1.165) is 0 Å². The molecule has 1 aromatic rings. The highest BCUT2D eigenvalue weighted by Gasteiger charge is 2.29. The molecule has 1 unspecified atom stereocenters. The molecular weight excluding hydrogens is 281 g/mol. The minimum absolute atomic E-state index is 0.00565. The first-order valence-corrected chi connectivity index (χ1v) is 6.54. The number of carbonyl (C=O) groups is 2. The van der Waals surface area contributed by atoms with Gasteiger partial charge in [-0.2, -0.15) is 0 Å². The molecule has 1 atom stereocenters. The summed E-state index contributed by atoms with van der Waals surface area (Å²) in [7, 11) is 0. The van der Waals surface area contributed by atoms with Crippen LogP contribution in [0.2, 0.25) is 0 Å². The van der Waals surface area contributed by atoms with Crippen LogP contribution in [0, 0.1) is 5.82 Å². The van der Waals surface area contributed by atoms with E-state index in [9.17, 15) is 14.0 Å². The number of benzene rings is 1. The molecule has 1 amide bonds. The molecule has 1 aromatic carbocycles. The Hall–Kier alpha value is -2.15. The van der Waals surface area contributed by atoms with Crippen LogP contribution in [0.15, 0.2) is 24.3 Å². The number of amides is 1. The number of hydrogen-bond donors (Lipinski definition) is 1. The summed E-state index contributed by atoms with van der Waals surface area (Å²) < 4.78 is 23.7. The number of para-hydroxylation sites is 1. The summed E-state index contributed by atoms with van der Waals surface area (Å²) in [5.74, 6) is -1.94. The van der Waals surface area contributed by atoms with Gasteiger partial charge < -0.3 is 19.5 Å². The van der Waals surface area contributed by atoms with Crippen LogP contribution in [0.4, 0.5) is 4.39 Å². The quantitative estimate of drug-likeness (QED) is 0.874. The summed E-state index contributed by atoms with van der Waals surface area (Å²) >= 11 is 0. The normalized spacial score (nSPS) is 18.3. The van der Waals surface area contributed by atoms with E-state index >= 15 is 0 Å². The molecule has 6 nitrogen and oxygen atoms in total. The maximum absolute atomic E-state index is 13.4. The van der Waals surface area contributed by atoms with Gasteiger partial charge in [0.2, 0.25) is 0 Å². The van der Waals surface area contributed by atoms with Crippen molar-refractivity contribution >= 4 is 11.9 Å². The smallest absolute Gasteiger partial charge is 0.305 e. The van der Waals surface area contributed by atoms with Crippen molar-refractivity contribution < 1.29 is 28.6 Å². The first-order valence-electron chi connectivity index (χ1n) is 6.54. The summed E-state index contributed by atoms with van der Waals surface area (Å²) in [5, 5.41) is 8.84. The molecule has 1 N–H and O–H groups in total. The van der Waals surface area contributed by atoms with Gasteiger partial charge >= 0.3 is 5.97 Å². The highest BCUT2D eigenvalue weighted by Crippen LogP contribution is 2.16. The SMILES string of the molecule is O=C(O)CC1COCCN1C(=O)COc1ccccc1F. The number of carboxylic acid groups (broad SMARTS) is 1. The number of rotatable bonds is 5. The summed E-state index contributed by atoms with van der Waals surface area (Å²) in [6.07, 6.45) is -0.189. The van der Waals surface area contributed by atoms with Gasteiger partial charge in [0.1, 0.15) is 0 Å². The van der Waals surface area contributed by atoms with Gasteiger partial charge in [-0.15, -0.1) is 0 Å². The Kier molecular flexibility index (Phi) is 5.10. The van der Waals surface area contributed by atoms with Crippen molar-refractivity contribution in [3.8, 4) is 5.75 Å². The molecule has 0 radical (unpaired) electrons. The number of morpholine rings is 1. The molecule has 0 spiro atoms. The number of ether oxygens (including phenoxy) is 2. The Morgan fingerprint density at radius 3 is 2.90 bits per heavy atom. The van der Waals surface area contributed by atoms with E-state index in [4.69, 9.17) is 14.6 Å². The standard InChI is InChI=1S/C14H16FNO5/c15-11-3-1-2-4-12(11)21-9-13(17)16-5-6-20-8-10(16)7-14(18)19/h1-4,10H,5-9H2,(H,18,19). The number of aliphatic carboxylic acids is 1. The molecule has 2 rings (SSSR count). The van der Waals surface area contributed by atoms with E-state index in [1.54, 1.807) is 6.07 Å². The number of nitrogens with zero attached hydrogens (tertiary/aromatic N) is 1. The van der Waals surface area contributed by atoms with Crippen LogP contribution in [-0.2, 0) is 14.3 Å². The highest BCUT2D eigenvalue weighted by atomic mass is 19.1. The van der Waals surface area contributed by atoms with E-state index < -0.39 is 17.8 Å². The molecule has 1 saturated heterocycles. The molecule has 1 fully saturated rings. The fourth-order valence-corrected chi connectivity index (χ4v) is 2.14. The predicted molar refractivity (Wildman–Crippen MR) is 70.5 cm³/mol. The van der Waals surface area contributed by atoms with Crippen LogP contribution in [0.1, 0.15) is 6.42 Å². The second-order valence-corrected chi connectivity index (χ2v) is 4.63. The van der Waals surface area contributed by atoms with Gasteiger partial charge in [0.25, 0.3) is 5.91 Å². The average molecular weight is 297 g/mol. The Morgan fingerprint density at radius 2 is 2.19 bits per heavy atom. The number of carbonyl (C=O) groups excluding carboxylic acids is 1. The predicted octanol–water partition coefficient (Wildman–Crippen LogP) is 0.907. The first-order chi connectivity index (χ1) is 10.1. The minimum Gasteiger partial charge on any atom is -0.481 e. The molecule has 21 heavy (non-hydrogen) atoms. The summed E-state index contributed by atoms with van der Waals surface area (Å²) in [6.45, 7) is 0.494. The van der Waals surface area contributed by atoms with E-state index in [2.05, 4.69) is 0 Å². The topological polar surface area (TPSA) is 76.1 Å². The van der Waals surface area contributed by atoms with Gasteiger partial charge in [0, 0.05) is 6.54 Å². The summed E-state index contributed by atoms with van der Waals surface area (Å²) in [4.78, 5) is 24.3. The second-order valence-electron chi connectivity index (χ2n) is 4.63. The maximum Gasteiger partial charge on any atom is 0.305 e. The molecular formula is C14H16FNO5. The van der Waals surface area contributed by atoms with Gasteiger partial charge in [-0.3, -0.25) is 9.59 Å². The third kappa shape index (κ3) is 4.16. The van der Waals surface area contributed by atoms with E-state index in [1.165, 1.54) is 23.1 Å². The van der Waals surface area contributed by atoms with Gasteiger partial charge in [-0.1, -0.05) is 12.1 Å². The maximum atomic E-state index is 13.4. The summed E-state index contributed by atoms with van der Waals surface area (Å²) in [5.41, 5.74) is 0. The lowest BCUT2D eigenvalue weighted by molar-refractivity contribution is -0.147. The Labute approximate surface area is 121 Å². The average Bonchev–Trinajstić information content (AvgIpc) is 2.46. The molecule has 1 heterocycles. The van der Waals surface area contributed by atoms with Crippen LogP contribution < -0.4 is 4.74 Å². The molecule has 0 aromatic heterocycles. The minimum atomic E-state index is -1.00. The Bertz CT molecular complexity index is 522. The van der Waals surface area contributed by atoms with Crippen molar-refractivity contribution in [2.45, 2.75) is 12.5 Å². The third-order valence-corrected chi connectivity index (χ3v) is 3.15. The lowest BCUT2D eigenvalue weighted by Crippen LogP contribution is -2.51. The molecule has 1 aliphatic rings. The first kappa shape index (κ1) is 15.2. The van der Waals surface area contributed by atoms with E-state index in [-0.39, 0.29) is 31.3 Å². The molecule has 0 saturated carbocycles. The zero-order valence-corrected chi connectivity index (χ0v) is 11.3. The largest absolute Gasteiger partial charge is 0.481 e. The molecule has 0 aliphatic carbocycles. The fourth-order valence-electron chi connectivity index (χ4n) is 2.14. The van der Waals surface area contributed by atoms with Gasteiger partial charge in [-0.05, 0) is 12.1 Å². The highest BCUT2D eigenvalue weighted by molar-refractivity contribution is 5.79. The van der Waals surface area contributed by atoms with E-state index in [1.807, 2.05) is 0 Å². The lowest BCUT2D eigenvalue weighted by Gasteiger charge is -2.34. The van der Waals surface area contributed by atoms with Crippen molar-refractivity contribution in [3.05, 3.63) is 30.1 Å². The van der Waals surface area contributed by atoms with Crippen molar-refractivity contribution in [1.82, 2.24) is 4.90 Å². The van der Waals surface area contributed by atoms with Gasteiger partial charge in [0.05, 0.1) is 25.7 Å². The molecule has 0 bridgehead atoms. The van der Waals surface area contributed by atoms with E-state index in [0.29, 0.717) is 13.2 Å². The van der Waals surface area contributed by atoms with Crippen LogP contribution in [0.3, 0.4) is 0 Å². The van der Waals surface area contributed by atoms with Crippen LogP contribution in [-0.4, -0.2) is 54.3 Å². The zero-order chi connectivity index (χ0) is 15.2. The Morgan fingerprint density at radius 1 is 1.43 bits per heavy atom. The third-order valence-electron chi connectivity index (χ3n) is 3.15. The van der Waals surface area contributed by atoms with Gasteiger partial charge in [0.15, 0.2) is 18.2 Å². The lowest BCUT2D eigenvalue weighted by atomic mass is 10.1. The number of carboxylic acids is 1. The molecule has 7 heteroatoms. The second kappa shape index (κ2) is 7.03. The van der Waals surface area contributed by atoms with Crippen molar-refractivity contribution in [1.29, 1.82) is 0 Å². The number of hydrogen-bond acceptors (Lipinski definition) is 4. The Balaban J connectivity index is 1.94. The molecule has 114 valence electrons. The van der Waals surface area contributed by atoms with Crippen LogP contribution >= 0.6 is 0 Å². The van der Waals surface area contributed by atoms with Crippen LogP contribution in [0.25, 0.3) is 0 Å². The zero-order valence-electron chi connectivity index (χ0n) is 11.3.